The van der Waals surface area contributed by atoms with Crippen LogP contribution in [0.25, 0.3) is 0 Å². The van der Waals surface area contributed by atoms with Crippen LogP contribution in [0.4, 0.5) is 8.78 Å². The Morgan fingerprint density at radius 1 is 1.35 bits per heavy atom. The lowest BCUT2D eigenvalue weighted by molar-refractivity contribution is -0.131. The Balaban J connectivity index is 1.92. The quantitative estimate of drug-likeness (QED) is 0.886. The molecule has 1 unspecified atom stereocenters. The van der Waals surface area contributed by atoms with Gasteiger partial charge in [0.25, 0.3) is 0 Å². The van der Waals surface area contributed by atoms with Crippen molar-refractivity contribution in [3.8, 4) is 5.75 Å². The van der Waals surface area contributed by atoms with Gasteiger partial charge in [0.2, 0.25) is 5.91 Å². The van der Waals surface area contributed by atoms with E-state index in [1.165, 1.54) is 0 Å². The van der Waals surface area contributed by atoms with Gasteiger partial charge in [-0.15, -0.1) is 0 Å². The number of likely N-dealkylation sites (tertiary alicyclic amines) is 1. The molecule has 6 heteroatoms. The van der Waals surface area contributed by atoms with Crippen LogP contribution in [-0.2, 0) is 11.3 Å². The van der Waals surface area contributed by atoms with Crippen LogP contribution in [0.3, 0.4) is 0 Å². The standard InChI is InChI=1S/C14H18F2N2O2/c1-9(14(20)18-4-2-3-5-18)17-8-10-6-11(15)13(19)12(16)7-10/h6-7,9,17,19H,2-5,8H2,1H3. The Kier molecular flexibility index (Phi) is 4.54. The maximum Gasteiger partial charge on any atom is 0.239 e. The van der Waals surface area contributed by atoms with Crippen LogP contribution in [0.1, 0.15) is 25.3 Å². The number of carbonyl (C=O) groups excluding carboxylic acids is 1. The summed E-state index contributed by atoms with van der Waals surface area (Å²) in [7, 11) is 0. The maximum absolute atomic E-state index is 13.2. The first-order chi connectivity index (χ1) is 9.49. The average Bonchev–Trinajstić information content (AvgIpc) is 2.95. The van der Waals surface area contributed by atoms with Crippen LogP contribution in [0.2, 0.25) is 0 Å². The Morgan fingerprint density at radius 2 is 1.90 bits per heavy atom. The van der Waals surface area contributed by atoms with E-state index >= 15 is 0 Å². The summed E-state index contributed by atoms with van der Waals surface area (Å²) >= 11 is 0. The third-order valence-corrected chi connectivity index (χ3v) is 3.48. The Hall–Kier alpha value is -1.69. The molecule has 1 aromatic carbocycles. The highest BCUT2D eigenvalue weighted by Crippen LogP contribution is 2.21. The Labute approximate surface area is 116 Å². The highest BCUT2D eigenvalue weighted by atomic mass is 19.1. The summed E-state index contributed by atoms with van der Waals surface area (Å²) in [6, 6.07) is 1.70. The molecule has 20 heavy (non-hydrogen) atoms. The van der Waals surface area contributed by atoms with Crippen LogP contribution < -0.4 is 5.32 Å². The highest BCUT2D eigenvalue weighted by Gasteiger charge is 2.22. The van der Waals surface area contributed by atoms with Crippen molar-refractivity contribution in [2.45, 2.75) is 32.4 Å². The van der Waals surface area contributed by atoms with E-state index in [1.54, 1.807) is 11.8 Å². The molecular weight excluding hydrogens is 266 g/mol. The lowest BCUT2D eigenvalue weighted by atomic mass is 10.2. The fourth-order valence-electron chi connectivity index (χ4n) is 2.29. The van der Waals surface area contributed by atoms with Gasteiger partial charge < -0.3 is 15.3 Å². The minimum Gasteiger partial charge on any atom is -0.503 e. The second-order valence-electron chi connectivity index (χ2n) is 5.04. The molecule has 0 aliphatic carbocycles. The fourth-order valence-corrected chi connectivity index (χ4v) is 2.29. The van der Waals surface area contributed by atoms with E-state index < -0.39 is 23.4 Å². The van der Waals surface area contributed by atoms with Crippen molar-refractivity contribution in [3.05, 3.63) is 29.3 Å². The van der Waals surface area contributed by atoms with Crippen LogP contribution in [0.5, 0.6) is 5.75 Å². The summed E-state index contributed by atoms with van der Waals surface area (Å²) in [5.74, 6) is -2.97. The molecule has 110 valence electrons. The SMILES string of the molecule is CC(NCc1cc(F)c(O)c(F)c1)C(=O)N1CCCC1. The number of amides is 1. The summed E-state index contributed by atoms with van der Waals surface area (Å²) in [4.78, 5) is 13.8. The molecule has 0 radical (unpaired) electrons. The molecule has 2 rings (SSSR count). The van der Waals surface area contributed by atoms with Gasteiger partial charge >= 0.3 is 0 Å². The van der Waals surface area contributed by atoms with E-state index in [9.17, 15) is 13.6 Å². The van der Waals surface area contributed by atoms with E-state index in [0.717, 1.165) is 38.1 Å². The normalized spacial score (nSPS) is 16.4. The van der Waals surface area contributed by atoms with Crippen LogP contribution >= 0.6 is 0 Å². The molecule has 0 bridgehead atoms. The lowest BCUT2D eigenvalue weighted by Gasteiger charge is -2.21. The first-order valence-electron chi connectivity index (χ1n) is 6.68. The van der Waals surface area contributed by atoms with Gasteiger partial charge in [0.1, 0.15) is 0 Å². The monoisotopic (exact) mass is 284 g/mol. The first kappa shape index (κ1) is 14.7. The molecule has 1 fully saturated rings. The number of hydrogen-bond acceptors (Lipinski definition) is 3. The number of benzene rings is 1. The summed E-state index contributed by atoms with van der Waals surface area (Å²) < 4.78 is 26.4. The lowest BCUT2D eigenvalue weighted by Crippen LogP contribution is -2.43. The zero-order valence-corrected chi connectivity index (χ0v) is 11.3. The second kappa shape index (κ2) is 6.17. The molecule has 2 N–H and O–H groups in total. The van der Waals surface area contributed by atoms with Crippen LogP contribution in [0, 0.1) is 11.6 Å². The summed E-state index contributed by atoms with van der Waals surface area (Å²) in [5, 5.41) is 12.0. The zero-order chi connectivity index (χ0) is 14.7. The van der Waals surface area contributed by atoms with Crippen LogP contribution in [0.15, 0.2) is 12.1 Å². The molecule has 0 aromatic heterocycles. The minimum absolute atomic E-state index is 0.00206. The number of carbonyl (C=O) groups is 1. The second-order valence-corrected chi connectivity index (χ2v) is 5.04. The zero-order valence-electron chi connectivity index (χ0n) is 11.3. The predicted octanol–water partition coefficient (Wildman–Crippen LogP) is 1.77. The predicted molar refractivity (Wildman–Crippen MR) is 70.1 cm³/mol. The molecule has 1 heterocycles. The van der Waals surface area contributed by atoms with Crippen molar-refractivity contribution < 1.29 is 18.7 Å². The van der Waals surface area contributed by atoms with Gasteiger partial charge in [-0.3, -0.25) is 4.79 Å². The molecule has 1 atom stereocenters. The van der Waals surface area contributed by atoms with E-state index in [1.807, 2.05) is 0 Å². The Bertz CT molecular complexity index is 479. The van der Waals surface area contributed by atoms with Gasteiger partial charge in [0, 0.05) is 19.6 Å². The van der Waals surface area contributed by atoms with Gasteiger partial charge in [-0.1, -0.05) is 0 Å². The third-order valence-electron chi connectivity index (χ3n) is 3.48. The number of phenolic OH excluding ortho intramolecular Hbond substituents is 1. The summed E-state index contributed by atoms with van der Waals surface area (Å²) in [6.07, 6.45) is 2.04. The molecule has 1 amide bonds. The molecule has 1 saturated heterocycles. The van der Waals surface area contributed by atoms with Gasteiger partial charge in [-0.05, 0) is 37.5 Å². The smallest absolute Gasteiger partial charge is 0.239 e. The van der Waals surface area contributed by atoms with Crippen molar-refractivity contribution >= 4 is 5.91 Å². The summed E-state index contributed by atoms with van der Waals surface area (Å²) in [6.45, 7) is 3.43. The molecule has 0 saturated carbocycles. The highest BCUT2D eigenvalue weighted by molar-refractivity contribution is 5.81. The average molecular weight is 284 g/mol. The molecule has 1 aliphatic heterocycles. The number of nitrogens with zero attached hydrogens (tertiary/aromatic N) is 1. The first-order valence-corrected chi connectivity index (χ1v) is 6.68. The van der Waals surface area contributed by atoms with Crippen molar-refractivity contribution in [3.63, 3.8) is 0 Å². The topological polar surface area (TPSA) is 52.6 Å². The molecule has 4 nitrogen and oxygen atoms in total. The fraction of sp³-hybridized carbons (Fsp3) is 0.500. The maximum atomic E-state index is 13.2. The largest absolute Gasteiger partial charge is 0.503 e. The van der Waals surface area contributed by atoms with E-state index in [2.05, 4.69) is 5.32 Å². The minimum atomic E-state index is -1.000. The van der Waals surface area contributed by atoms with Gasteiger partial charge in [-0.2, -0.15) is 0 Å². The molecule has 1 aromatic rings. The number of halogens is 2. The van der Waals surface area contributed by atoms with E-state index in [-0.39, 0.29) is 12.5 Å². The molecular formula is C14H18F2N2O2. The third kappa shape index (κ3) is 3.25. The number of aromatic hydroxyl groups is 1. The van der Waals surface area contributed by atoms with Crippen molar-refractivity contribution in [1.29, 1.82) is 0 Å². The Morgan fingerprint density at radius 3 is 2.45 bits per heavy atom. The number of phenols is 1. The molecule has 0 spiro atoms. The van der Waals surface area contributed by atoms with Crippen molar-refractivity contribution in [2.75, 3.05) is 13.1 Å². The number of nitrogens with one attached hydrogen (secondary N) is 1. The van der Waals surface area contributed by atoms with Crippen molar-refractivity contribution in [2.24, 2.45) is 0 Å². The van der Waals surface area contributed by atoms with Crippen LogP contribution in [-0.4, -0.2) is 35.0 Å². The van der Waals surface area contributed by atoms with Crippen molar-refractivity contribution in [1.82, 2.24) is 10.2 Å². The number of hydrogen-bond donors (Lipinski definition) is 2. The van der Waals surface area contributed by atoms with E-state index in [4.69, 9.17) is 5.11 Å². The van der Waals surface area contributed by atoms with Gasteiger partial charge in [0.15, 0.2) is 17.4 Å². The van der Waals surface area contributed by atoms with E-state index in [0.29, 0.717) is 5.56 Å². The molecule has 1 aliphatic rings. The van der Waals surface area contributed by atoms with Gasteiger partial charge in [-0.25, -0.2) is 8.78 Å². The van der Waals surface area contributed by atoms with Gasteiger partial charge in [0.05, 0.1) is 6.04 Å². The summed E-state index contributed by atoms with van der Waals surface area (Å²) in [5.41, 5.74) is 0.346. The number of rotatable bonds is 4.